The Labute approximate surface area is 157 Å². The number of thioether (sulfide) groups is 1. The molecule has 1 unspecified atom stereocenters. The van der Waals surface area contributed by atoms with Crippen LogP contribution in [0.15, 0.2) is 35.7 Å². The van der Waals surface area contributed by atoms with Crippen molar-refractivity contribution in [1.82, 2.24) is 24.5 Å². The molecule has 0 fully saturated rings. The molecule has 0 saturated heterocycles. The second kappa shape index (κ2) is 7.33. The standard InChI is InChI=1S/C18H23N7S/c1-11-7-6-8-14(12(11)2)25-10-9-20-18(25)26-13(3)15-21-16(19)23-17(22-15)24(4)5/h6-10,13H,1-5H3,(H2,19,21,22,23). The number of aromatic nitrogens is 5. The summed E-state index contributed by atoms with van der Waals surface area (Å²) < 4.78 is 2.10. The van der Waals surface area contributed by atoms with Crippen LogP contribution < -0.4 is 10.6 Å². The monoisotopic (exact) mass is 369 g/mol. The number of anilines is 2. The Morgan fingerprint density at radius 3 is 2.65 bits per heavy atom. The van der Waals surface area contributed by atoms with Gasteiger partial charge in [0.1, 0.15) is 5.82 Å². The number of benzene rings is 1. The smallest absolute Gasteiger partial charge is 0.229 e. The number of imidazole rings is 1. The maximum atomic E-state index is 5.85. The summed E-state index contributed by atoms with van der Waals surface area (Å²) >= 11 is 1.59. The summed E-state index contributed by atoms with van der Waals surface area (Å²) in [5, 5.41) is 0.863. The van der Waals surface area contributed by atoms with Crippen molar-refractivity contribution in [2.24, 2.45) is 0 Å². The summed E-state index contributed by atoms with van der Waals surface area (Å²) in [4.78, 5) is 19.3. The van der Waals surface area contributed by atoms with Gasteiger partial charge in [-0.25, -0.2) is 4.98 Å². The molecule has 1 aromatic carbocycles. The van der Waals surface area contributed by atoms with Gasteiger partial charge in [-0.2, -0.15) is 15.0 Å². The summed E-state index contributed by atoms with van der Waals surface area (Å²) in [6.07, 6.45) is 3.79. The van der Waals surface area contributed by atoms with Crippen molar-refractivity contribution < 1.29 is 0 Å². The molecule has 0 aliphatic heterocycles. The molecule has 1 atom stereocenters. The molecule has 0 amide bonds. The van der Waals surface area contributed by atoms with E-state index in [1.54, 1.807) is 11.8 Å². The fraction of sp³-hybridized carbons (Fsp3) is 0.333. The van der Waals surface area contributed by atoms with Crippen LogP contribution in [0.25, 0.3) is 5.69 Å². The Kier molecular flexibility index (Phi) is 5.13. The first-order chi connectivity index (χ1) is 12.4. The summed E-state index contributed by atoms with van der Waals surface area (Å²) in [6.45, 7) is 6.28. The van der Waals surface area contributed by atoms with E-state index in [1.807, 2.05) is 38.3 Å². The Bertz CT molecular complexity index is 920. The van der Waals surface area contributed by atoms with Crippen LogP contribution >= 0.6 is 11.8 Å². The number of nitrogens with two attached hydrogens (primary N) is 1. The molecule has 136 valence electrons. The average molecular weight is 369 g/mol. The van der Waals surface area contributed by atoms with E-state index in [0.717, 1.165) is 10.8 Å². The molecule has 3 aromatic rings. The van der Waals surface area contributed by atoms with E-state index < -0.39 is 0 Å². The number of nitrogen functional groups attached to an aromatic ring is 1. The Morgan fingerprint density at radius 1 is 1.15 bits per heavy atom. The highest BCUT2D eigenvalue weighted by Crippen LogP contribution is 2.34. The van der Waals surface area contributed by atoms with Crippen molar-refractivity contribution in [2.75, 3.05) is 24.7 Å². The van der Waals surface area contributed by atoms with Crippen molar-refractivity contribution in [2.45, 2.75) is 31.2 Å². The molecule has 0 aliphatic rings. The second-order valence-corrected chi connectivity index (χ2v) is 7.61. The molecule has 2 aromatic heterocycles. The van der Waals surface area contributed by atoms with Gasteiger partial charge in [-0.15, -0.1) is 0 Å². The Hall–Kier alpha value is -2.61. The summed E-state index contributed by atoms with van der Waals surface area (Å²) in [5.41, 5.74) is 9.46. The zero-order valence-corrected chi connectivity index (χ0v) is 16.4. The van der Waals surface area contributed by atoms with E-state index in [9.17, 15) is 0 Å². The lowest BCUT2D eigenvalue weighted by molar-refractivity contribution is 0.844. The SMILES string of the molecule is Cc1cccc(-n2ccnc2SC(C)c2nc(N)nc(N(C)C)n2)c1C. The molecular formula is C18H23N7S. The minimum Gasteiger partial charge on any atom is -0.368 e. The van der Waals surface area contributed by atoms with Crippen molar-refractivity contribution in [1.29, 1.82) is 0 Å². The van der Waals surface area contributed by atoms with Crippen molar-refractivity contribution >= 4 is 23.7 Å². The van der Waals surface area contributed by atoms with E-state index in [-0.39, 0.29) is 11.2 Å². The molecule has 2 heterocycles. The van der Waals surface area contributed by atoms with Crippen LogP contribution in [-0.4, -0.2) is 38.6 Å². The Balaban J connectivity index is 1.91. The summed E-state index contributed by atoms with van der Waals surface area (Å²) in [5.74, 6) is 1.42. The predicted molar refractivity (Wildman–Crippen MR) is 106 cm³/mol. The maximum absolute atomic E-state index is 5.85. The van der Waals surface area contributed by atoms with Crippen LogP contribution in [-0.2, 0) is 0 Å². The van der Waals surface area contributed by atoms with Crippen LogP contribution in [0.1, 0.15) is 29.1 Å². The first kappa shape index (κ1) is 18.2. The second-order valence-electron chi connectivity index (χ2n) is 6.31. The molecule has 0 spiro atoms. The molecular weight excluding hydrogens is 346 g/mol. The average Bonchev–Trinajstić information content (AvgIpc) is 3.04. The van der Waals surface area contributed by atoms with Crippen molar-refractivity contribution in [3.05, 3.63) is 47.5 Å². The van der Waals surface area contributed by atoms with Crippen LogP contribution in [0.2, 0.25) is 0 Å². The minimum atomic E-state index is -0.0229. The predicted octanol–water partition coefficient (Wildman–Crippen LogP) is 3.18. The zero-order chi connectivity index (χ0) is 18.8. The molecule has 8 heteroatoms. The highest BCUT2D eigenvalue weighted by Gasteiger charge is 2.18. The topological polar surface area (TPSA) is 85.8 Å². The molecule has 0 radical (unpaired) electrons. The largest absolute Gasteiger partial charge is 0.368 e. The molecule has 2 N–H and O–H groups in total. The van der Waals surface area contributed by atoms with E-state index in [2.05, 4.69) is 56.5 Å². The third kappa shape index (κ3) is 3.65. The fourth-order valence-electron chi connectivity index (χ4n) is 2.55. The van der Waals surface area contributed by atoms with Crippen molar-refractivity contribution in [3.8, 4) is 5.69 Å². The third-order valence-electron chi connectivity index (χ3n) is 4.15. The lowest BCUT2D eigenvalue weighted by Crippen LogP contribution is -2.16. The highest BCUT2D eigenvalue weighted by molar-refractivity contribution is 7.99. The van der Waals surface area contributed by atoms with Gasteiger partial charge in [-0.1, -0.05) is 23.9 Å². The van der Waals surface area contributed by atoms with E-state index in [4.69, 9.17) is 5.73 Å². The number of hydrogen-bond acceptors (Lipinski definition) is 7. The minimum absolute atomic E-state index is 0.0229. The molecule has 0 saturated carbocycles. The molecule has 26 heavy (non-hydrogen) atoms. The van der Waals surface area contributed by atoms with Gasteiger partial charge in [-0.05, 0) is 38.0 Å². The van der Waals surface area contributed by atoms with Gasteiger partial charge in [0.2, 0.25) is 11.9 Å². The zero-order valence-electron chi connectivity index (χ0n) is 15.6. The molecule has 0 bridgehead atoms. The van der Waals surface area contributed by atoms with Gasteiger partial charge in [0.15, 0.2) is 5.16 Å². The maximum Gasteiger partial charge on any atom is 0.229 e. The van der Waals surface area contributed by atoms with Crippen LogP contribution in [0.5, 0.6) is 0 Å². The Morgan fingerprint density at radius 2 is 1.92 bits per heavy atom. The number of rotatable bonds is 5. The number of aryl methyl sites for hydroxylation is 1. The van der Waals surface area contributed by atoms with Gasteiger partial charge < -0.3 is 10.6 Å². The highest BCUT2D eigenvalue weighted by atomic mass is 32.2. The lowest BCUT2D eigenvalue weighted by Gasteiger charge is -2.16. The van der Waals surface area contributed by atoms with E-state index in [1.165, 1.54) is 11.1 Å². The van der Waals surface area contributed by atoms with Gasteiger partial charge in [0.25, 0.3) is 0 Å². The van der Waals surface area contributed by atoms with Gasteiger partial charge in [-0.3, -0.25) is 4.57 Å². The van der Waals surface area contributed by atoms with Crippen LogP contribution in [0.4, 0.5) is 11.9 Å². The quantitative estimate of drug-likeness (QED) is 0.691. The van der Waals surface area contributed by atoms with Crippen LogP contribution in [0.3, 0.4) is 0 Å². The van der Waals surface area contributed by atoms with Crippen molar-refractivity contribution in [3.63, 3.8) is 0 Å². The molecule has 3 rings (SSSR count). The molecule has 0 aliphatic carbocycles. The number of hydrogen-bond donors (Lipinski definition) is 1. The first-order valence-electron chi connectivity index (χ1n) is 8.32. The fourth-order valence-corrected chi connectivity index (χ4v) is 3.47. The van der Waals surface area contributed by atoms with E-state index in [0.29, 0.717) is 11.8 Å². The molecule has 7 nitrogen and oxygen atoms in total. The lowest BCUT2D eigenvalue weighted by atomic mass is 10.1. The van der Waals surface area contributed by atoms with Gasteiger partial charge in [0, 0.05) is 26.5 Å². The van der Waals surface area contributed by atoms with Gasteiger partial charge >= 0.3 is 0 Å². The number of nitrogens with zero attached hydrogens (tertiary/aromatic N) is 6. The third-order valence-corrected chi connectivity index (χ3v) is 5.22. The normalized spacial score (nSPS) is 12.2. The first-order valence-corrected chi connectivity index (χ1v) is 9.20. The summed E-state index contributed by atoms with van der Waals surface area (Å²) in [6, 6.07) is 6.27. The van der Waals surface area contributed by atoms with E-state index >= 15 is 0 Å². The van der Waals surface area contributed by atoms with Crippen LogP contribution in [0, 0.1) is 13.8 Å². The van der Waals surface area contributed by atoms with Gasteiger partial charge in [0.05, 0.1) is 10.9 Å². The summed E-state index contributed by atoms with van der Waals surface area (Å²) in [7, 11) is 3.76.